The summed E-state index contributed by atoms with van der Waals surface area (Å²) in [6, 6.07) is 4.08. The van der Waals surface area contributed by atoms with E-state index in [1.807, 2.05) is 20.8 Å². The molecule has 2 aliphatic heterocycles. The first-order chi connectivity index (χ1) is 17.6. The molecule has 1 amide bonds. The van der Waals surface area contributed by atoms with E-state index in [4.69, 9.17) is 14.2 Å². The van der Waals surface area contributed by atoms with Crippen molar-refractivity contribution in [3.63, 3.8) is 0 Å². The summed E-state index contributed by atoms with van der Waals surface area (Å²) in [6.07, 6.45) is 1.16. The van der Waals surface area contributed by atoms with Gasteiger partial charge in [0.25, 0.3) is 5.91 Å². The maximum Gasteiger partial charge on any atom is 0.342 e. The number of nitrogens with one attached hydrogen (secondary N) is 1. The van der Waals surface area contributed by atoms with Crippen LogP contribution in [0.2, 0.25) is 0 Å². The van der Waals surface area contributed by atoms with Gasteiger partial charge in [-0.1, -0.05) is 13.8 Å². The minimum Gasteiger partial charge on any atom is -0.489 e. The van der Waals surface area contributed by atoms with Crippen LogP contribution in [0.5, 0.6) is 5.75 Å². The van der Waals surface area contributed by atoms with Gasteiger partial charge in [0.1, 0.15) is 12.2 Å². The fraction of sp³-hybridized carbons (Fsp3) is 0.519. The Morgan fingerprint density at radius 2 is 1.97 bits per heavy atom. The van der Waals surface area contributed by atoms with Crippen LogP contribution >= 0.6 is 0 Å². The molecule has 200 valence electrons. The van der Waals surface area contributed by atoms with Crippen LogP contribution in [-0.4, -0.2) is 84.0 Å². The molecule has 0 spiro atoms. The molecule has 0 atom stereocenters. The van der Waals surface area contributed by atoms with Crippen LogP contribution in [-0.2, 0) is 19.7 Å². The lowest BCUT2D eigenvalue weighted by molar-refractivity contribution is -0.140. The number of aryl methyl sites for hydroxylation is 1. The van der Waals surface area contributed by atoms with E-state index >= 15 is 0 Å². The van der Waals surface area contributed by atoms with Gasteiger partial charge in [-0.15, -0.1) is 0 Å². The van der Waals surface area contributed by atoms with E-state index in [0.717, 1.165) is 24.3 Å². The van der Waals surface area contributed by atoms with Crippen molar-refractivity contribution in [2.75, 3.05) is 46.0 Å². The minimum atomic E-state index is -0.554. The van der Waals surface area contributed by atoms with Crippen molar-refractivity contribution in [1.29, 1.82) is 0 Å². The molecule has 0 saturated carbocycles. The molecule has 1 aromatic carbocycles. The topological polar surface area (TPSA) is 97.0 Å². The Labute approximate surface area is 216 Å². The maximum atomic E-state index is 14.5. The predicted molar refractivity (Wildman–Crippen MR) is 136 cm³/mol. The molecule has 1 saturated heterocycles. The van der Waals surface area contributed by atoms with E-state index in [2.05, 4.69) is 15.1 Å². The second-order valence-corrected chi connectivity index (χ2v) is 10.3. The average Bonchev–Trinajstić information content (AvgIpc) is 3.18. The quantitative estimate of drug-likeness (QED) is 0.567. The first-order valence-corrected chi connectivity index (χ1v) is 12.6. The summed E-state index contributed by atoms with van der Waals surface area (Å²) in [6.45, 7) is 13.5. The number of H-pyrrole nitrogens is 1. The SMILES string of the molecule is Cc1n[nH]c2c1C(C)(C)CN(C(=O)c1ccc(F)c(OCCN3CCOCC3)c1)C=C2C(=O)OC(C)C. The second kappa shape index (κ2) is 11.0. The van der Waals surface area contributed by atoms with Crippen LogP contribution in [0.15, 0.2) is 24.4 Å². The van der Waals surface area contributed by atoms with Gasteiger partial charge in [-0.3, -0.25) is 14.8 Å². The Morgan fingerprint density at radius 1 is 1.24 bits per heavy atom. The van der Waals surface area contributed by atoms with Gasteiger partial charge in [0.2, 0.25) is 0 Å². The van der Waals surface area contributed by atoms with E-state index in [1.165, 1.54) is 29.3 Å². The average molecular weight is 515 g/mol. The van der Waals surface area contributed by atoms with Crippen LogP contribution in [0.4, 0.5) is 4.39 Å². The number of nitrogens with zero attached hydrogens (tertiary/aromatic N) is 3. The summed E-state index contributed by atoms with van der Waals surface area (Å²) in [7, 11) is 0. The van der Waals surface area contributed by atoms with Crippen molar-refractivity contribution in [3.05, 3.63) is 52.7 Å². The van der Waals surface area contributed by atoms with Gasteiger partial charge in [-0.25, -0.2) is 9.18 Å². The van der Waals surface area contributed by atoms with E-state index in [-0.39, 0.29) is 42.0 Å². The van der Waals surface area contributed by atoms with Gasteiger partial charge >= 0.3 is 5.97 Å². The van der Waals surface area contributed by atoms with Gasteiger partial charge < -0.3 is 19.1 Å². The van der Waals surface area contributed by atoms with Crippen molar-refractivity contribution in [2.24, 2.45) is 0 Å². The van der Waals surface area contributed by atoms with Crippen molar-refractivity contribution < 1.29 is 28.2 Å². The molecule has 1 N–H and O–H groups in total. The molecule has 1 fully saturated rings. The van der Waals surface area contributed by atoms with Gasteiger partial charge in [0.05, 0.1) is 30.7 Å². The number of halogens is 1. The number of amides is 1. The summed E-state index contributed by atoms with van der Waals surface area (Å²) < 4.78 is 31.1. The van der Waals surface area contributed by atoms with Crippen molar-refractivity contribution >= 4 is 17.4 Å². The van der Waals surface area contributed by atoms with Crippen molar-refractivity contribution in [3.8, 4) is 5.75 Å². The van der Waals surface area contributed by atoms with E-state index in [1.54, 1.807) is 13.8 Å². The third-order valence-electron chi connectivity index (χ3n) is 6.51. The number of fused-ring (bicyclic) bond motifs is 1. The Bertz CT molecular complexity index is 1180. The number of aromatic amines is 1. The lowest BCUT2D eigenvalue weighted by Crippen LogP contribution is -2.38. The molecule has 0 bridgehead atoms. The van der Waals surface area contributed by atoms with Gasteiger partial charge in [0, 0.05) is 48.9 Å². The first-order valence-electron chi connectivity index (χ1n) is 12.6. The summed E-state index contributed by atoms with van der Waals surface area (Å²) in [5.74, 6) is -1.46. The number of esters is 1. The number of carbonyl (C=O) groups excluding carboxylic acids is 2. The highest BCUT2D eigenvalue weighted by Crippen LogP contribution is 2.37. The third-order valence-corrected chi connectivity index (χ3v) is 6.51. The smallest absolute Gasteiger partial charge is 0.342 e. The number of benzene rings is 1. The highest BCUT2D eigenvalue weighted by Gasteiger charge is 2.38. The monoisotopic (exact) mass is 514 g/mol. The predicted octanol–water partition coefficient (Wildman–Crippen LogP) is 3.29. The van der Waals surface area contributed by atoms with Crippen LogP contribution in [0, 0.1) is 12.7 Å². The Kier molecular flexibility index (Phi) is 7.99. The zero-order valence-corrected chi connectivity index (χ0v) is 22.1. The summed E-state index contributed by atoms with van der Waals surface area (Å²) in [5.41, 5.74) is 2.07. The summed E-state index contributed by atoms with van der Waals surface area (Å²) in [4.78, 5) is 30.4. The highest BCUT2D eigenvalue weighted by molar-refractivity contribution is 6.17. The summed E-state index contributed by atoms with van der Waals surface area (Å²) >= 11 is 0. The van der Waals surface area contributed by atoms with Gasteiger partial charge in [0.15, 0.2) is 11.6 Å². The standard InChI is InChI=1S/C27H35FN4O5/c1-17(2)37-26(34)20-15-32(16-27(4,5)23-18(3)29-30-24(20)23)25(33)19-6-7-21(28)22(14-19)36-13-10-31-8-11-35-12-9-31/h6-7,14-15,17H,8-13,16H2,1-5H3,(H,29,30). The zero-order valence-electron chi connectivity index (χ0n) is 22.1. The molecule has 37 heavy (non-hydrogen) atoms. The lowest BCUT2D eigenvalue weighted by Gasteiger charge is -2.29. The van der Waals surface area contributed by atoms with Crippen LogP contribution in [0.3, 0.4) is 0 Å². The number of rotatable bonds is 7. The fourth-order valence-corrected chi connectivity index (χ4v) is 4.81. The molecule has 0 aliphatic carbocycles. The van der Waals surface area contributed by atoms with Crippen molar-refractivity contribution in [2.45, 2.75) is 46.1 Å². The highest BCUT2D eigenvalue weighted by atomic mass is 19.1. The number of ether oxygens (including phenoxy) is 3. The molecular weight excluding hydrogens is 479 g/mol. The van der Waals surface area contributed by atoms with Crippen molar-refractivity contribution in [1.82, 2.24) is 20.0 Å². The van der Waals surface area contributed by atoms with Crippen LogP contribution in [0.25, 0.3) is 5.57 Å². The van der Waals surface area contributed by atoms with Crippen LogP contribution in [0.1, 0.15) is 55.0 Å². The van der Waals surface area contributed by atoms with E-state index < -0.39 is 17.2 Å². The Hall–Kier alpha value is -3.24. The molecule has 4 rings (SSSR count). The molecular formula is C27H35FN4O5. The number of carbonyl (C=O) groups is 2. The molecule has 2 aromatic rings. The maximum absolute atomic E-state index is 14.5. The molecule has 0 radical (unpaired) electrons. The molecule has 0 unspecified atom stereocenters. The minimum absolute atomic E-state index is 0.0156. The zero-order chi connectivity index (χ0) is 26.7. The molecule has 3 heterocycles. The van der Waals surface area contributed by atoms with Gasteiger partial charge in [-0.2, -0.15) is 5.10 Å². The number of aromatic nitrogens is 2. The van der Waals surface area contributed by atoms with Gasteiger partial charge in [-0.05, 0) is 39.0 Å². The number of morpholine rings is 1. The molecule has 10 heteroatoms. The molecule has 2 aliphatic rings. The first kappa shape index (κ1) is 26.8. The normalized spacial score (nSPS) is 17.7. The number of hydrogen-bond acceptors (Lipinski definition) is 7. The number of hydrogen-bond donors (Lipinski definition) is 1. The third kappa shape index (κ3) is 6.02. The van der Waals surface area contributed by atoms with E-state index in [0.29, 0.717) is 25.5 Å². The Morgan fingerprint density at radius 3 is 2.68 bits per heavy atom. The summed E-state index contributed by atoms with van der Waals surface area (Å²) in [5, 5.41) is 7.27. The van der Waals surface area contributed by atoms with Crippen LogP contribution < -0.4 is 4.74 Å². The molecule has 9 nitrogen and oxygen atoms in total. The van der Waals surface area contributed by atoms with E-state index in [9.17, 15) is 14.0 Å². The fourth-order valence-electron chi connectivity index (χ4n) is 4.81. The Balaban J connectivity index is 1.60. The second-order valence-electron chi connectivity index (χ2n) is 10.3. The lowest BCUT2D eigenvalue weighted by atomic mass is 9.82. The molecule has 1 aromatic heterocycles. The largest absolute Gasteiger partial charge is 0.489 e.